The van der Waals surface area contributed by atoms with Gasteiger partial charge in [-0.15, -0.1) is 0 Å². The Kier molecular flexibility index (Phi) is 5.49. The zero-order valence-electron chi connectivity index (χ0n) is 18.1. The van der Waals surface area contributed by atoms with Crippen molar-refractivity contribution in [3.05, 3.63) is 29.3 Å². The highest BCUT2D eigenvalue weighted by atomic mass is 16.5. The van der Waals surface area contributed by atoms with E-state index in [1.54, 1.807) is 18.2 Å². The maximum absolute atomic E-state index is 12.8. The van der Waals surface area contributed by atoms with Crippen LogP contribution in [0.2, 0.25) is 0 Å². The van der Waals surface area contributed by atoms with Crippen LogP contribution >= 0.6 is 0 Å². The standard InChI is InChI=1S/C24H28N2O6/c27-20-7-6-19(21(28)25-20)26-22(29)17-5-4-15(12-18(17)23(26)30)31-10-1-2-11-32-16-13-24(14-16)8-3-9-24/h4-5,12,16,19H,1-3,6-11,13-14H2,(H,25,27,28). The lowest BCUT2D eigenvalue weighted by Gasteiger charge is -2.53. The average molecular weight is 440 g/mol. The van der Waals surface area contributed by atoms with E-state index >= 15 is 0 Å². The van der Waals surface area contributed by atoms with Crippen LogP contribution in [-0.2, 0) is 14.3 Å². The van der Waals surface area contributed by atoms with Gasteiger partial charge in [0, 0.05) is 13.0 Å². The number of fused-ring (bicyclic) bond motifs is 1. The minimum Gasteiger partial charge on any atom is -0.494 e. The Bertz CT molecular complexity index is 961. The molecule has 3 fully saturated rings. The summed E-state index contributed by atoms with van der Waals surface area (Å²) in [4.78, 5) is 50.0. The van der Waals surface area contributed by atoms with Crippen molar-refractivity contribution < 1.29 is 28.7 Å². The lowest BCUT2D eigenvalue weighted by molar-refractivity contribution is -0.136. The van der Waals surface area contributed by atoms with Crippen LogP contribution in [0.4, 0.5) is 0 Å². The third-order valence-corrected chi connectivity index (χ3v) is 7.31. The zero-order chi connectivity index (χ0) is 22.3. The number of piperidine rings is 1. The van der Waals surface area contributed by atoms with Crippen LogP contribution in [0.3, 0.4) is 0 Å². The Morgan fingerprint density at radius 1 is 1.00 bits per heavy atom. The largest absolute Gasteiger partial charge is 0.494 e. The fraction of sp³-hybridized carbons (Fsp3) is 0.583. The summed E-state index contributed by atoms with van der Waals surface area (Å²) in [7, 11) is 0. The number of imide groups is 2. The molecule has 2 aliphatic carbocycles. The molecule has 170 valence electrons. The van der Waals surface area contributed by atoms with Gasteiger partial charge in [-0.25, -0.2) is 0 Å². The fourth-order valence-electron chi connectivity index (χ4n) is 5.29. The van der Waals surface area contributed by atoms with Crippen molar-refractivity contribution in [1.82, 2.24) is 10.2 Å². The molecule has 8 nitrogen and oxygen atoms in total. The molecule has 2 aliphatic heterocycles. The maximum atomic E-state index is 12.8. The van der Waals surface area contributed by atoms with Crippen molar-refractivity contribution in [2.24, 2.45) is 5.41 Å². The van der Waals surface area contributed by atoms with Crippen molar-refractivity contribution in [2.75, 3.05) is 13.2 Å². The molecule has 1 N–H and O–H groups in total. The van der Waals surface area contributed by atoms with Gasteiger partial charge in [0.1, 0.15) is 11.8 Å². The number of ether oxygens (including phenoxy) is 2. The van der Waals surface area contributed by atoms with Crippen molar-refractivity contribution in [2.45, 2.75) is 69.9 Å². The average Bonchev–Trinajstić information content (AvgIpc) is 2.95. The second-order valence-corrected chi connectivity index (χ2v) is 9.46. The molecule has 5 rings (SSSR count). The monoisotopic (exact) mass is 440 g/mol. The van der Waals surface area contributed by atoms with Crippen LogP contribution in [0.5, 0.6) is 5.75 Å². The van der Waals surface area contributed by atoms with E-state index in [0.717, 1.165) is 24.3 Å². The number of benzene rings is 1. The van der Waals surface area contributed by atoms with Gasteiger partial charge in [-0.05, 0) is 68.6 Å². The molecule has 1 spiro atoms. The van der Waals surface area contributed by atoms with Gasteiger partial charge >= 0.3 is 0 Å². The van der Waals surface area contributed by atoms with Gasteiger partial charge < -0.3 is 9.47 Å². The summed E-state index contributed by atoms with van der Waals surface area (Å²) in [6.45, 7) is 1.23. The number of carbonyl (C=O) groups excluding carboxylic acids is 4. The Morgan fingerprint density at radius 2 is 1.75 bits per heavy atom. The zero-order valence-corrected chi connectivity index (χ0v) is 18.1. The van der Waals surface area contributed by atoms with Gasteiger partial charge in [0.25, 0.3) is 11.8 Å². The quantitative estimate of drug-likeness (QED) is 0.493. The van der Waals surface area contributed by atoms with E-state index in [-0.39, 0.29) is 29.9 Å². The van der Waals surface area contributed by atoms with Crippen molar-refractivity contribution in [1.29, 1.82) is 0 Å². The van der Waals surface area contributed by atoms with E-state index in [2.05, 4.69) is 5.32 Å². The van der Waals surface area contributed by atoms with E-state index in [0.29, 0.717) is 23.9 Å². The van der Waals surface area contributed by atoms with Gasteiger partial charge in [0.15, 0.2) is 0 Å². The van der Waals surface area contributed by atoms with Crippen LogP contribution in [0.1, 0.15) is 78.5 Å². The van der Waals surface area contributed by atoms with Crippen molar-refractivity contribution >= 4 is 23.6 Å². The number of nitrogens with zero attached hydrogens (tertiary/aromatic N) is 1. The highest BCUT2D eigenvalue weighted by Gasteiger charge is 2.48. The first-order valence-electron chi connectivity index (χ1n) is 11.6. The van der Waals surface area contributed by atoms with Crippen LogP contribution in [0.15, 0.2) is 18.2 Å². The van der Waals surface area contributed by atoms with Gasteiger partial charge in [-0.2, -0.15) is 0 Å². The van der Waals surface area contributed by atoms with E-state index in [9.17, 15) is 19.2 Å². The summed E-state index contributed by atoms with van der Waals surface area (Å²) in [5.74, 6) is -1.52. The van der Waals surface area contributed by atoms with E-state index in [1.807, 2.05) is 0 Å². The number of hydrogen-bond acceptors (Lipinski definition) is 6. The summed E-state index contributed by atoms with van der Waals surface area (Å²) in [5, 5.41) is 2.20. The van der Waals surface area contributed by atoms with Crippen LogP contribution in [-0.4, -0.2) is 53.9 Å². The molecule has 4 aliphatic rings. The lowest BCUT2D eigenvalue weighted by Crippen LogP contribution is -2.54. The molecule has 1 unspecified atom stereocenters. The molecule has 1 aromatic carbocycles. The van der Waals surface area contributed by atoms with Crippen LogP contribution in [0, 0.1) is 5.41 Å². The van der Waals surface area contributed by atoms with Crippen molar-refractivity contribution in [3.8, 4) is 5.75 Å². The third-order valence-electron chi connectivity index (χ3n) is 7.31. The minimum atomic E-state index is -0.959. The summed E-state index contributed by atoms with van der Waals surface area (Å²) in [5.41, 5.74) is 1.12. The second kappa shape index (κ2) is 8.31. The number of carbonyl (C=O) groups is 4. The second-order valence-electron chi connectivity index (χ2n) is 9.46. The van der Waals surface area contributed by atoms with Crippen molar-refractivity contribution in [3.63, 3.8) is 0 Å². The van der Waals surface area contributed by atoms with Gasteiger partial charge in [-0.3, -0.25) is 29.4 Å². The first-order chi connectivity index (χ1) is 15.5. The molecule has 0 radical (unpaired) electrons. The third kappa shape index (κ3) is 3.81. The summed E-state index contributed by atoms with van der Waals surface area (Å²) < 4.78 is 11.7. The van der Waals surface area contributed by atoms with E-state index in [1.165, 1.54) is 32.1 Å². The fourth-order valence-corrected chi connectivity index (χ4v) is 5.29. The molecular weight excluding hydrogens is 412 g/mol. The highest BCUT2D eigenvalue weighted by Crippen LogP contribution is 2.56. The minimum absolute atomic E-state index is 0.101. The van der Waals surface area contributed by atoms with Gasteiger partial charge in [0.05, 0.1) is 23.8 Å². The number of rotatable bonds is 8. The molecule has 1 saturated heterocycles. The van der Waals surface area contributed by atoms with Gasteiger partial charge in [0.2, 0.25) is 11.8 Å². The molecule has 2 heterocycles. The number of hydrogen-bond donors (Lipinski definition) is 1. The predicted octanol–water partition coefficient (Wildman–Crippen LogP) is 2.60. The number of unbranched alkanes of at least 4 members (excludes halogenated alkanes) is 1. The number of nitrogens with one attached hydrogen (secondary N) is 1. The van der Waals surface area contributed by atoms with E-state index < -0.39 is 23.8 Å². The van der Waals surface area contributed by atoms with E-state index in [4.69, 9.17) is 9.47 Å². The smallest absolute Gasteiger partial charge is 0.262 e. The molecule has 2 saturated carbocycles. The normalized spacial score (nSPS) is 24.2. The van der Waals surface area contributed by atoms with Crippen LogP contribution in [0.25, 0.3) is 0 Å². The number of amides is 4. The lowest BCUT2D eigenvalue weighted by atomic mass is 9.55. The molecule has 8 heteroatoms. The van der Waals surface area contributed by atoms with Gasteiger partial charge in [-0.1, -0.05) is 6.42 Å². The molecule has 1 aromatic rings. The molecule has 0 aromatic heterocycles. The molecular formula is C24H28N2O6. The Labute approximate surface area is 186 Å². The SMILES string of the molecule is O=C1CCC(N2C(=O)c3ccc(OCCCCOC4CC5(CCC5)C4)cc3C2=O)C(=O)N1. The molecule has 0 bridgehead atoms. The molecule has 4 amide bonds. The predicted molar refractivity (Wildman–Crippen MR) is 113 cm³/mol. The van der Waals surface area contributed by atoms with Crippen LogP contribution < -0.4 is 10.1 Å². The maximum Gasteiger partial charge on any atom is 0.262 e. The topological polar surface area (TPSA) is 102 Å². The highest BCUT2D eigenvalue weighted by molar-refractivity contribution is 6.23. The summed E-state index contributed by atoms with van der Waals surface area (Å²) in [6, 6.07) is 3.83. The first-order valence-corrected chi connectivity index (χ1v) is 11.6. The Balaban J connectivity index is 1.09. The molecule has 32 heavy (non-hydrogen) atoms. The Hall–Kier alpha value is -2.74. The molecule has 1 atom stereocenters. The summed E-state index contributed by atoms with van der Waals surface area (Å²) >= 11 is 0. The Morgan fingerprint density at radius 3 is 2.47 bits per heavy atom. The summed E-state index contributed by atoms with van der Waals surface area (Å²) in [6.07, 6.45) is 9.00. The first kappa shape index (κ1) is 21.1.